The Morgan fingerprint density at radius 3 is 2.21 bits per heavy atom. The first-order valence-corrected chi connectivity index (χ1v) is 10.9. The van der Waals surface area contributed by atoms with Gasteiger partial charge in [0.1, 0.15) is 6.04 Å². The largest absolute Gasteiger partial charge is 0.416 e. The maximum absolute atomic E-state index is 12.9. The molecular weight excluding hydrogens is 452 g/mol. The molecule has 0 aliphatic rings. The number of nitrogens with zero attached hydrogens (tertiary/aromatic N) is 1. The van der Waals surface area contributed by atoms with Crippen LogP contribution in [0.3, 0.4) is 0 Å². The van der Waals surface area contributed by atoms with E-state index in [4.69, 9.17) is 23.2 Å². The fraction of sp³-hybridized carbons (Fsp3) is 0.278. The highest BCUT2D eigenvalue weighted by Gasteiger charge is 2.33. The minimum absolute atomic E-state index is 0.0537. The molecule has 0 aromatic heterocycles. The van der Waals surface area contributed by atoms with Crippen LogP contribution >= 0.6 is 23.2 Å². The van der Waals surface area contributed by atoms with Crippen molar-refractivity contribution in [1.29, 1.82) is 0 Å². The van der Waals surface area contributed by atoms with Gasteiger partial charge >= 0.3 is 6.18 Å². The Morgan fingerprint density at radius 1 is 1.14 bits per heavy atom. The van der Waals surface area contributed by atoms with Gasteiger partial charge in [-0.3, -0.25) is 9.10 Å². The van der Waals surface area contributed by atoms with Crippen molar-refractivity contribution in [2.75, 3.05) is 15.9 Å². The zero-order chi connectivity index (χ0) is 22.0. The summed E-state index contributed by atoms with van der Waals surface area (Å²) in [7, 11) is -3.90. The summed E-state index contributed by atoms with van der Waals surface area (Å²) in [5.74, 6) is -0.825. The van der Waals surface area contributed by atoms with Crippen molar-refractivity contribution in [1.82, 2.24) is 0 Å². The maximum atomic E-state index is 12.9. The molecule has 0 heterocycles. The van der Waals surface area contributed by atoms with Crippen LogP contribution in [0.1, 0.15) is 18.9 Å². The topological polar surface area (TPSA) is 66.5 Å². The van der Waals surface area contributed by atoms with Crippen LogP contribution in [-0.2, 0) is 21.0 Å². The number of carbonyl (C=O) groups excluding carboxylic acids is 1. The number of hydrogen-bond donors (Lipinski definition) is 1. The van der Waals surface area contributed by atoms with E-state index >= 15 is 0 Å². The van der Waals surface area contributed by atoms with Crippen molar-refractivity contribution in [2.45, 2.75) is 25.6 Å². The molecule has 1 amide bonds. The van der Waals surface area contributed by atoms with Gasteiger partial charge in [-0.25, -0.2) is 8.42 Å². The SMILES string of the molecule is CC[C@H](C(=O)Nc1cc(C(F)(F)F)ccc1Cl)N(c1ccc(Cl)cc1)S(C)(=O)=O. The van der Waals surface area contributed by atoms with Gasteiger partial charge in [0.2, 0.25) is 15.9 Å². The quantitative estimate of drug-likeness (QED) is 0.633. The molecule has 2 aromatic carbocycles. The van der Waals surface area contributed by atoms with Crippen molar-refractivity contribution in [3.63, 3.8) is 0 Å². The lowest BCUT2D eigenvalue weighted by Crippen LogP contribution is -2.47. The predicted octanol–water partition coefficient (Wildman–Crippen LogP) is 5.20. The van der Waals surface area contributed by atoms with Crippen molar-refractivity contribution in [2.24, 2.45) is 0 Å². The highest BCUT2D eigenvalue weighted by atomic mass is 35.5. The molecule has 29 heavy (non-hydrogen) atoms. The summed E-state index contributed by atoms with van der Waals surface area (Å²) in [4.78, 5) is 12.8. The number of benzene rings is 2. The van der Waals surface area contributed by atoms with Gasteiger partial charge in [0.05, 0.1) is 28.2 Å². The predicted molar refractivity (Wildman–Crippen MR) is 108 cm³/mol. The summed E-state index contributed by atoms with van der Waals surface area (Å²) in [6, 6.07) is 7.04. The number of amides is 1. The molecular formula is C18H17Cl2F3N2O3S. The van der Waals surface area contributed by atoms with Crippen molar-refractivity contribution >= 4 is 50.5 Å². The van der Waals surface area contributed by atoms with E-state index < -0.39 is 33.7 Å². The van der Waals surface area contributed by atoms with E-state index in [0.29, 0.717) is 11.1 Å². The summed E-state index contributed by atoms with van der Waals surface area (Å²) < 4.78 is 64.5. The van der Waals surface area contributed by atoms with Crippen LogP contribution < -0.4 is 9.62 Å². The number of halogens is 5. The van der Waals surface area contributed by atoms with Gasteiger partial charge in [-0.05, 0) is 48.9 Å². The second-order valence-corrected chi connectivity index (χ2v) is 8.84. The highest BCUT2D eigenvalue weighted by molar-refractivity contribution is 7.92. The third-order valence-electron chi connectivity index (χ3n) is 3.96. The Morgan fingerprint density at radius 2 is 1.72 bits per heavy atom. The van der Waals surface area contributed by atoms with Crippen molar-refractivity contribution in [3.05, 3.63) is 58.1 Å². The number of carbonyl (C=O) groups is 1. The third kappa shape index (κ3) is 5.77. The Kier molecular flexibility index (Phi) is 7.08. The van der Waals surface area contributed by atoms with Gasteiger partial charge in [0.25, 0.3) is 0 Å². The minimum Gasteiger partial charge on any atom is -0.323 e. The average Bonchev–Trinajstić information content (AvgIpc) is 2.60. The first-order valence-electron chi connectivity index (χ1n) is 8.27. The summed E-state index contributed by atoms with van der Waals surface area (Å²) >= 11 is 11.7. The molecule has 158 valence electrons. The smallest absolute Gasteiger partial charge is 0.323 e. The third-order valence-corrected chi connectivity index (χ3v) is 5.72. The van der Waals surface area contributed by atoms with Crippen LogP contribution in [0.4, 0.5) is 24.5 Å². The molecule has 1 atom stereocenters. The molecule has 0 fully saturated rings. The van der Waals surface area contributed by atoms with Crippen LogP contribution in [0.5, 0.6) is 0 Å². The van der Waals surface area contributed by atoms with Crippen molar-refractivity contribution < 1.29 is 26.4 Å². The first kappa shape index (κ1) is 23.3. The second kappa shape index (κ2) is 8.81. The molecule has 0 aliphatic heterocycles. The lowest BCUT2D eigenvalue weighted by atomic mass is 10.1. The fourth-order valence-corrected chi connectivity index (χ4v) is 4.16. The molecule has 0 bridgehead atoms. The Bertz CT molecular complexity index is 996. The molecule has 5 nitrogen and oxygen atoms in total. The molecule has 0 aliphatic carbocycles. The van der Waals surface area contributed by atoms with Crippen LogP contribution in [0, 0.1) is 0 Å². The standard InChI is InChI=1S/C18H17Cl2F3N2O3S/c1-3-16(25(29(2,27)28)13-7-5-12(19)6-8-13)17(26)24-15-10-11(18(21,22)23)4-9-14(15)20/h4-10,16H,3H2,1-2H3,(H,24,26)/t16-/m1/s1. The Balaban J connectivity index is 2.42. The number of rotatable bonds is 6. The van der Waals surface area contributed by atoms with E-state index in [1.165, 1.54) is 24.3 Å². The lowest BCUT2D eigenvalue weighted by molar-refractivity contribution is -0.137. The maximum Gasteiger partial charge on any atom is 0.416 e. The zero-order valence-electron chi connectivity index (χ0n) is 15.3. The van der Waals surface area contributed by atoms with Crippen LogP contribution in [-0.4, -0.2) is 26.6 Å². The molecule has 0 spiro atoms. The van der Waals surface area contributed by atoms with Gasteiger partial charge in [-0.1, -0.05) is 30.1 Å². The van der Waals surface area contributed by atoms with Crippen LogP contribution in [0.15, 0.2) is 42.5 Å². The molecule has 0 saturated heterocycles. The Hall–Kier alpha value is -1.97. The number of anilines is 2. The summed E-state index contributed by atoms with van der Waals surface area (Å²) in [5.41, 5.74) is -1.08. The van der Waals surface area contributed by atoms with Gasteiger partial charge in [0.15, 0.2) is 0 Å². The van der Waals surface area contributed by atoms with Crippen LogP contribution in [0.2, 0.25) is 10.0 Å². The molecule has 1 N–H and O–H groups in total. The number of alkyl halides is 3. The zero-order valence-corrected chi connectivity index (χ0v) is 17.6. The van der Waals surface area contributed by atoms with E-state index in [1.807, 2.05) is 0 Å². The molecule has 2 aromatic rings. The van der Waals surface area contributed by atoms with Crippen molar-refractivity contribution in [3.8, 4) is 0 Å². The summed E-state index contributed by atoms with van der Waals surface area (Å²) in [6.45, 7) is 1.58. The van der Waals surface area contributed by atoms with E-state index in [-0.39, 0.29) is 22.8 Å². The summed E-state index contributed by atoms with van der Waals surface area (Å²) in [5, 5.41) is 2.56. The highest BCUT2D eigenvalue weighted by Crippen LogP contribution is 2.34. The van der Waals surface area contributed by atoms with Gasteiger partial charge < -0.3 is 5.32 Å². The molecule has 0 unspecified atom stereocenters. The minimum atomic E-state index is -4.63. The van der Waals surface area contributed by atoms with Gasteiger partial charge in [-0.15, -0.1) is 0 Å². The van der Waals surface area contributed by atoms with E-state index in [2.05, 4.69) is 5.32 Å². The first-order chi connectivity index (χ1) is 13.3. The number of hydrogen-bond acceptors (Lipinski definition) is 3. The molecule has 11 heteroatoms. The summed E-state index contributed by atoms with van der Waals surface area (Å²) in [6.07, 6.45) is -3.65. The molecule has 0 saturated carbocycles. The Labute approximate surface area is 176 Å². The van der Waals surface area contributed by atoms with E-state index in [9.17, 15) is 26.4 Å². The van der Waals surface area contributed by atoms with Crippen LogP contribution in [0.25, 0.3) is 0 Å². The number of nitrogens with one attached hydrogen (secondary N) is 1. The average molecular weight is 469 g/mol. The van der Waals surface area contributed by atoms with E-state index in [0.717, 1.165) is 22.7 Å². The van der Waals surface area contributed by atoms with Gasteiger partial charge in [0, 0.05) is 5.02 Å². The molecule has 0 radical (unpaired) electrons. The molecule has 2 rings (SSSR count). The second-order valence-electron chi connectivity index (χ2n) is 6.14. The lowest BCUT2D eigenvalue weighted by Gasteiger charge is -2.30. The normalized spacial score (nSPS) is 13.1. The number of sulfonamides is 1. The monoisotopic (exact) mass is 468 g/mol. The van der Waals surface area contributed by atoms with E-state index in [1.54, 1.807) is 6.92 Å². The fourth-order valence-electron chi connectivity index (χ4n) is 2.66. The van der Waals surface area contributed by atoms with Gasteiger partial charge in [-0.2, -0.15) is 13.2 Å².